The second-order valence-electron chi connectivity index (χ2n) is 6.97. The Balaban J connectivity index is 1.74. The van der Waals surface area contributed by atoms with Gasteiger partial charge in [-0.2, -0.15) is 0 Å². The maximum Gasteiger partial charge on any atom is 0.181 e. The fourth-order valence-electron chi connectivity index (χ4n) is 4.17. The molecule has 7 heteroatoms. The average molecular weight is 400 g/mol. The van der Waals surface area contributed by atoms with Crippen molar-refractivity contribution >= 4 is 23.3 Å². The number of aliphatic hydroxyl groups is 1. The molecule has 0 radical (unpaired) electrons. The summed E-state index contributed by atoms with van der Waals surface area (Å²) in [5.41, 5.74) is 4.02. The summed E-state index contributed by atoms with van der Waals surface area (Å²) in [5.74, 6) is 1.46. The lowest BCUT2D eigenvalue weighted by Gasteiger charge is -2.34. The first-order valence-electron chi connectivity index (χ1n) is 9.41. The van der Waals surface area contributed by atoms with Crippen molar-refractivity contribution in [2.24, 2.45) is 0 Å². The smallest absolute Gasteiger partial charge is 0.181 e. The standard InChI is InChI=1S/C21H25N3O3S/c1-4-23-15-7-5-6-8-16(15)24(21(23)28)13-22-11-14-18(26-2)9-10-19(27-3)20(14)17(25)12-22/h5-10,17,25H,4,11-13H2,1-3H3. The molecule has 3 aromatic rings. The molecule has 2 heterocycles. The van der Waals surface area contributed by atoms with Gasteiger partial charge in [0.2, 0.25) is 0 Å². The first-order chi connectivity index (χ1) is 13.6. The van der Waals surface area contributed by atoms with E-state index in [9.17, 15) is 5.11 Å². The van der Waals surface area contributed by atoms with E-state index in [-0.39, 0.29) is 0 Å². The van der Waals surface area contributed by atoms with Gasteiger partial charge in [0, 0.05) is 30.8 Å². The fourth-order valence-corrected chi connectivity index (χ4v) is 4.55. The third kappa shape index (κ3) is 2.99. The van der Waals surface area contributed by atoms with Crippen molar-refractivity contribution in [1.29, 1.82) is 0 Å². The zero-order chi connectivity index (χ0) is 19.8. The van der Waals surface area contributed by atoms with E-state index in [0.717, 1.165) is 39.2 Å². The van der Waals surface area contributed by atoms with E-state index in [4.69, 9.17) is 21.7 Å². The second-order valence-corrected chi connectivity index (χ2v) is 7.34. The van der Waals surface area contributed by atoms with Gasteiger partial charge in [-0.1, -0.05) is 12.1 Å². The minimum Gasteiger partial charge on any atom is -0.496 e. The number of ether oxygens (including phenoxy) is 2. The molecule has 6 nitrogen and oxygen atoms in total. The Morgan fingerprint density at radius 1 is 1.04 bits per heavy atom. The Morgan fingerprint density at radius 3 is 2.32 bits per heavy atom. The highest BCUT2D eigenvalue weighted by atomic mass is 32.1. The van der Waals surface area contributed by atoms with Gasteiger partial charge in [0.25, 0.3) is 0 Å². The highest BCUT2D eigenvalue weighted by molar-refractivity contribution is 7.71. The van der Waals surface area contributed by atoms with Crippen LogP contribution in [0, 0.1) is 4.77 Å². The zero-order valence-corrected chi connectivity index (χ0v) is 17.2. The van der Waals surface area contributed by atoms with Crippen LogP contribution in [0.15, 0.2) is 36.4 Å². The first-order valence-corrected chi connectivity index (χ1v) is 9.82. The minimum atomic E-state index is -0.650. The van der Waals surface area contributed by atoms with Crippen LogP contribution in [0.25, 0.3) is 11.0 Å². The van der Waals surface area contributed by atoms with Crippen LogP contribution in [0.2, 0.25) is 0 Å². The van der Waals surface area contributed by atoms with Crippen LogP contribution in [0.1, 0.15) is 24.2 Å². The number of rotatable bonds is 5. The SMILES string of the molecule is CCn1c(=S)n(CN2Cc3c(OC)ccc(OC)c3C(O)C2)c2ccccc21. The van der Waals surface area contributed by atoms with Gasteiger partial charge in [0.05, 0.1) is 38.0 Å². The molecule has 1 aliphatic rings. The van der Waals surface area contributed by atoms with Gasteiger partial charge in [-0.05, 0) is 43.4 Å². The number of benzene rings is 2. The topological polar surface area (TPSA) is 51.8 Å². The van der Waals surface area contributed by atoms with E-state index in [1.54, 1.807) is 14.2 Å². The van der Waals surface area contributed by atoms with Crippen molar-refractivity contribution < 1.29 is 14.6 Å². The van der Waals surface area contributed by atoms with Crippen molar-refractivity contribution in [3.05, 3.63) is 52.3 Å². The Hall–Kier alpha value is -2.35. The van der Waals surface area contributed by atoms with Gasteiger partial charge in [0.15, 0.2) is 4.77 Å². The third-order valence-corrected chi connectivity index (χ3v) is 5.88. The van der Waals surface area contributed by atoms with Crippen LogP contribution in [-0.2, 0) is 19.8 Å². The maximum atomic E-state index is 10.9. The van der Waals surface area contributed by atoms with Crippen molar-refractivity contribution in [2.75, 3.05) is 20.8 Å². The summed E-state index contributed by atoms with van der Waals surface area (Å²) in [5, 5.41) is 10.9. The first kappa shape index (κ1) is 19.0. The monoisotopic (exact) mass is 399 g/mol. The van der Waals surface area contributed by atoms with Gasteiger partial charge in [-0.15, -0.1) is 0 Å². The number of para-hydroxylation sites is 2. The van der Waals surface area contributed by atoms with Crippen LogP contribution in [-0.4, -0.2) is 39.9 Å². The van der Waals surface area contributed by atoms with Gasteiger partial charge in [0.1, 0.15) is 11.5 Å². The molecule has 148 valence electrons. The second kappa shape index (κ2) is 7.58. The lowest BCUT2D eigenvalue weighted by atomic mass is 9.95. The molecule has 28 heavy (non-hydrogen) atoms. The normalized spacial score (nSPS) is 16.9. The van der Waals surface area contributed by atoms with Crippen molar-refractivity contribution in [1.82, 2.24) is 14.0 Å². The predicted octanol–water partition coefficient (Wildman–Crippen LogP) is 3.72. The molecule has 1 aromatic heterocycles. The number of hydrogen-bond donors (Lipinski definition) is 1. The average Bonchev–Trinajstić information content (AvgIpc) is 2.98. The molecule has 0 saturated carbocycles. The number of aliphatic hydroxyl groups excluding tert-OH is 1. The lowest BCUT2D eigenvalue weighted by Crippen LogP contribution is -2.35. The molecule has 0 aliphatic carbocycles. The molecule has 1 aliphatic heterocycles. The molecule has 0 fully saturated rings. The lowest BCUT2D eigenvalue weighted by molar-refractivity contribution is 0.0709. The summed E-state index contributed by atoms with van der Waals surface area (Å²) in [7, 11) is 3.28. The molecule has 1 atom stereocenters. The number of β-amino-alcohol motifs (C(OH)–C–C–N with tert-alkyl or cyclic N) is 1. The molecule has 4 rings (SSSR count). The molecular weight excluding hydrogens is 374 g/mol. The molecule has 0 spiro atoms. The third-order valence-electron chi connectivity index (χ3n) is 5.44. The maximum absolute atomic E-state index is 10.9. The zero-order valence-electron chi connectivity index (χ0n) is 16.4. The van der Waals surface area contributed by atoms with Gasteiger partial charge in [-0.25, -0.2) is 0 Å². The van der Waals surface area contributed by atoms with E-state index < -0.39 is 6.10 Å². The van der Waals surface area contributed by atoms with Crippen molar-refractivity contribution in [3.8, 4) is 11.5 Å². The number of imidazole rings is 1. The quantitative estimate of drug-likeness (QED) is 0.663. The molecular formula is C21H25N3O3S. The van der Waals surface area contributed by atoms with E-state index in [1.807, 2.05) is 24.3 Å². The van der Waals surface area contributed by atoms with Crippen LogP contribution in [0.4, 0.5) is 0 Å². The van der Waals surface area contributed by atoms with E-state index >= 15 is 0 Å². The predicted molar refractivity (Wildman–Crippen MR) is 111 cm³/mol. The summed E-state index contributed by atoms with van der Waals surface area (Å²) in [6, 6.07) is 12.0. The Labute approximate surface area is 169 Å². The highest BCUT2D eigenvalue weighted by Crippen LogP contribution is 2.39. The van der Waals surface area contributed by atoms with Crippen LogP contribution < -0.4 is 9.47 Å². The molecule has 0 saturated heterocycles. The van der Waals surface area contributed by atoms with Crippen LogP contribution in [0.5, 0.6) is 11.5 Å². The van der Waals surface area contributed by atoms with Crippen LogP contribution >= 0.6 is 12.2 Å². The summed E-state index contributed by atoms with van der Waals surface area (Å²) in [6.07, 6.45) is -0.650. The summed E-state index contributed by atoms with van der Waals surface area (Å²) < 4.78 is 16.1. The Kier molecular flexibility index (Phi) is 5.14. The molecule has 1 N–H and O–H groups in total. The molecule has 0 amide bonds. The van der Waals surface area contributed by atoms with Crippen LogP contribution in [0.3, 0.4) is 0 Å². The Morgan fingerprint density at radius 2 is 1.68 bits per heavy atom. The van der Waals surface area contributed by atoms with Gasteiger partial charge < -0.3 is 23.7 Å². The van der Waals surface area contributed by atoms with E-state index in [2.05, 4.69) is 33.1 Å². The number of fused-ring (bicyclic) bond motifs is 2. The summed E-state index contributed by atoms with van der Waals surface area (Å²) in [6.45, 7) is 4.68. The van der Waals surface area contributed by atoms with Gasteiger partial charge in [-0.3, -0.25) is 4.90 Å². The molecule has 1 unspecified atom stereocenters. The van der Waals surface area contributed by atoms with Crippen molar-refractivity contribution in [2.45, 2.75) is 32.8 Å². The largest absolute Gasteiger partial charge is 0.496 e. The minimum absolute atomic E-state index is 0.504. The number of aromatic nitrogens is 2. The van der Waals surface area contributed by atoms with Gasteiger partial charge >= 0.3 is 0 Å². The molecule has 0 bridgehead atoms. The fraction of sp³-hybridized carbons (Fsp3) is 0.381. The number of nitrogens with zero attached hydrogens (tertiary/aromatic N) is 3. The van der Waals surface area contributed by atoms with E-state index in [0.29, 0.717) is 25.5 Å². The van der Waals surface area contributed by atoms with E-state index in [1.165, 1.54) is 0 Å². The molecule has 2 aromatic carbocycles. The Bertz CT molecular complexity index is 1070. The summed E-state index contributed by atoms with van der Waals surface area (Å²) >= 11 is 5.75. The summed E-state index contributed by atoms with van der Waals surface area (Å²) in [4.78, 5) is 2.19. The number of hydrogen-bond acceptors (Lipinski definition) is 5. The van der Waals surface area contributed by atoms with Crippen molar-refractivity contribution in [3.63, 3.8) is 0 Å². The number of methoxy groups -OCH3 is 2. The highest BCUT2D eigenvalue weighted by Gasteiger charge is 2.30. The number of aryl methyl sites for hydroxylation is 1.